The molecule has 0 spiro atoms. The third-order valence-electron chi connectivity index (χ3n) is 3.92. The van der Waals surface area contributed by atoms with Crippen molar-refractivity contribution in [2.45, 2.75) is 12.8 Å². The van der Waals surface area contributed by atoms with Crippen LogP contribution in [0.4, 0.5) is 0 Å². The van der Waals surface area contributed by atoms with Gasteiger partial charge in [0.25, 0.3) is 5.91 Å². The van der Waals surface area contributed by atoms with Crippen LogP contribution in [0, 0.1) is 11.8 Å². The fourth-order valence-corrected chi connectivity index (χ4v) is 2.71. The molecule has 1 aromatic carbocycles. The van der Waals surface area contributed by atoms with Gasteiger partial charge in [0.15, 0.2) is 18.1 Å². The van der Waals surface area contributed by atoms with Crippen molar-refractivity contribution in [3.05, 3.63) is 36.4 Å². The largest absolute Gasteiger partial charge is 0.493 e. The molecule has 1 amide bonds. The summed E-state index contributed by atoms with van der Waals surface area (Å²) >= 11 is 0. The van der Waals surface area contributed by atoms with Crippen molar-refractivity contribution in [1.29, 1.82) is 0 Å². The standard InChI is InChI=1S/C16H18N2O3/c1-20-14-7-2-3-8-15(14)21-10-16(19)18-17-13-9-11-5-4-6-12(11)13/h2-5,7-8,11-12H,6,9-10H2,1H3,(H,18,19)/b17-13-/t11-,12-/m1/s1. The fourth-order valence-electron chi connectivity index (χ4n) is 2.71. The van der Waals surface area contributed by atoms with E-state index in [9.17, 15) is 4.79 Å². The Balaban J connectivity index is 1.48. The number of carbonyl (C=O) groups is 1. The molecule has 1 fully saturated rings. The van der Waals surface area contributed by atoms with Crippen LogP contribution in [0.1, 0.15) is 12.8 Å². The van der Waals surface area contributed by atoms with Crippen LogP contribution < -0.4 is 14.9 Å². The number of hydrogen-bond donors (Lipinski definition) is 1. The topological polar surface area (TPSA) is 59.9 Å². The second-order valence-electron chi connectivity index (χ2n) is 5.22. The van der Waals surface area contributed by atoms with Gasteiger partial charge in [0, 0.05) is 11.6 Å². The molecule has 3 rings (SSSR count). The van der Waals surface area contributed by atoms with Crippen molar-refractivity contribution in [2.24, 2.45) is 16.9 Å². The van der Waals surface area contributed by atoms with Crippen LogP contribution in [0.25, 0.3) is 0 Å². The number of benzene rings is 1. The summed E-state index contributed by atoms with van der Waals surface area (Å²) in [6.07, 6.45) is 6.41. The number of ether oxygens (including phenoxy) is 2. The Morgan fingerprint density at radius 3 is 2.95 bits per heavy atom. The Bertz CT molecular complexity index is 595. The van der Waals surface area contributed by atoms with E-state index in [1.165, 1.54) is 0 Å². The predicted octanol–water partition coefficient (Wildman–Crippen LogP) is 2.14. The maximum Gasteiger partial charge on any atom is 0.277 e. The van der Waals surface area contributed by atoms with Crippen molar-refractivity contribution in [2.75, 3.05) is 13.7 Å². The third kappa shape index (κ3) is 2.91. The number of hydrazone groups is 1. The van der Waals surface area contributed by atoms with Gasteiger partial charge in [-0.1, -0.05) is 24.3 Å². The highest BCUT2D eigenvalue weighted by Gasteiger charge is 2.37. The van der Waals surface area contributed by atoms with Gasteiger partial charge in [0.2, 0.25) is 0 Å². The van der Waals surface area contributed by atoms with Crippen molar-refractivity contribution in [3.8, 4) is 11.5 Å². The zero-order chi connectivity index (χ0) is 14.7. The molecule has 2 aliphatic carbocycles. The molecular weight excluding hydrogens is 268 g/mol. The maximum absolute atomic E-state index is 11.8. The van der Waals surface area contributed by atoms with Gasteiger partial charge in [-0.15, -0.1) is 0 Å². The van der Waals surface area contributed by atoms with E-state index >= 15 is 0 Å². The second-order valence-corrected chi connectivity index (χ2v) is 5.22. The molecule has 1 aromatic rings. The Morgan fingerprint density at radius 2 is 2.19 bits per heavy atom. The smallest absolute Gasteiger partial charge is 0.277 e. The summed E-state index contributed by atoms with van der Waals surface area (Å²) in [4.78, 5) is 11.8. The lowest BCUT2D eigenvalue weighted by molar-refractivity contribution is -0.123. The minimum atomic E-state index is -0.261. The molecule has 0 aliphatic heterocycles. The molecule has 2 atom stereocenters. The van der Waals surface area contributed by atoms with Gasteiger partial charge in [0.05, 0.1) is 7.11 Å². The minimum absolute atomic E-state index is 0.0799. The molecule has 0 bridgehead atoms. The summed E-state index contributed by atoms with van der Waals surface area (Å²) in [5, 5.41) is 4.19. The fraction of sp³-hybridized carbons (Fsp3) is 0.375. The molecule has 0 aromatic heterocycles. The van der Waals surface area contributed by atoms with Crippen molar-refractivity contribution >= 4 is 11.6 Å². The quantitative estimate of drug-likeness (QED) is 0.666. The van der Waals surface area contributed by atoms with Gasteiger partial charge in [-0.2, -0.15) is 5.10 Å². The number of allylic oxidation sites excluding steroid dienone is 2. The van der Waals surface area contributed by atoms with Crippen molar-refractivity contribution < 1.29 is 14.3 Å². The summed E-state index contributed by atoms with van der Waals surface area (Å²) in [7, 11) is 1.57. The molecule has 2 aliphatic rings. The summed E-state index contributed by atoms with van der Waals surface area (Å²) < 4.78 is 10.6. The molecule has 1 N–H and O–H groups in total. The van der Waals surface area contributed by atoms with Crippen LogP contribution in [0.5, 0.6) is 11.5 Å². The molecule has 0 heterocycles. The van der Waals surface area contributed by atoms with Gasteiger partial charge in [-0.25, -0.2) is 5.43 Å². The van der Waals surface area contributed by atoms with E-state index in [0.29, 0.717) is 23.3 Å². The van der Waals surface area contributed by atoms with E-state index in [1.807, 2.05) is 12.1 Å². The van der Waals surface area contributed by atoms with Gasteiger partial charge in [0.1, 0.15) is 0 Å². The van der Waals surface area contributed by atoms with Crippen LogP contribution in [-0.4, -0.2) is 25.3 Å². The van der Waals surface area contributed by atoms with Crippen molar-refractivity contribution in [1.82, 2.24) is 5.43 Å². The first kappa shape index (κ1) is 13.7. The molecule has 0 unspecified atom stereocenters. The number of fused-ring (bicyclic) bond motifs is 1. The van der Waals surface area contributed by atoms with Crippen LogP contribution in [0.3, 0.4) is 0 Å². The zero-order valence-corrected chi connectivity index (χ0v) is 11.9. The van der Waals surface area contributed by atoms with E-state index in [2.05, 4.69) is 22.7 Å². The summed E-state index contributed by atoms with van der Waals surface area (Å²) in [5.41, 5.74) is 3.64. The monoisotopic (exact) mass is 286 g/mol. The first-order chi connectivity index (χ1) is 10.3. The first-order valence-corrected chi connectivity index (χ1v) is 7.05. The van der Waals surface area contributed by atoms with Crippen molar-refractivity contribution in [3.63, 3.8) is 0 Å². The number of rotatable bonds is 5. The van der Waals surface area contributed by atoms with E-state index in [0.717, 1.165) is 18.6 Å². The van der Waals surface area contributed by atoms with E-state index in [4.69, 9.17) is 9.47 Å². The van der Waals surface area contributed by atoms with Gasteiger partial charge >= 0.3 is 0 Å². The van der Waals surface area contributed by atoms with Crippen LogP contribution in [0.15, 0.2) is 41.5 Å². The Hall–Kier alpha value is -2.30. The van der Waals surface area contributed by atoms with Gasteiger partial charge < -0.3 is 9.47 Å². The molecule has 1 saturated carbocycles. The average Bonchev–Trinajstić information content (AvgIpc) is 2.87. The van der Waals surface area contributed by atoms with Gasteiger partial charge in [-0.05, 0) is 30.9 Å². The molecule has 5 nitrogen and oxygen atoms in total. The normalized spacial score (nSPS) is 24.3. The SMILES string of the molecule is COc1ccccc1OCC(=O)N/N=C1/C[C@H]2C=CC[C@@H]12. The molecular formula is C16H18N2O3. The first-order valence-electron chi connectivity index (χ1n) is 7.05. The lowest BCUT2D eigenvalue weighted by Gasteiger charge is -2.31. The molecule has 110 valence electrons. The molecule has 21 heavy (non-hydrogen) atoms. The second kappa shape index (κ2) is 5.99. The summed E-state index contributed by atoms with van der Waals surface area (Å²) in [6, 6.07) is 7.23. The van der Waals surface area contributed by atoms with Gasteiger partial charge in [-0.3, -0.25) is 4.79 Å². The molecule has 0 saturated heterocycles. The number of nitrogens with zero attached hydrogens (tertiary/aromatic N) is 1. The third-order valence-corrected chi connectivity index (χ3v) is 3.92. The Morgan fingerprint density at radius 1 is 1.38 bits per heavy atom. The molecule has 0 radical (unpaired) electrons. The Kier molecular flexibility index (Phi) is 3.90. The highest BCUT2D eigenvalue weighted by atomic mass is 16.5. The highest BCUT2D eigenvalue weighted by molar-refractivity contribution is 5.94. The van der Waals surface area contributed by atoms with E-state index < -0.39 is 0 Å². The van der Waals surface area contributed by atoms with Crippen LogP contribution in [0.2, 0.25) is 0 Å². The average molecular weight is 286 g/mol. The summed E-state index contributed by atoms with van der Waals surface area (Å²) in [6.45, 7) is -0.0799. The van der Waals surface area contributed by atoms with Crippen LogP contribution in [-0.2, 0) is 4.79 Å². The van der Waals surface area contributed by atoms with Crippen LogP contribution >= 0.6 is 0 Å². The van der Waals surface area contributed by atoms with E-state index in [1.54, 1.807) is 19.2 Å². The lowest BCUT2D eigenvalue weighted by atomic mass is 9.74. The highest BCUT2D eigenvalue weighted by Crippen LogP contribution is 2.40. The zero-order valence-electron chi connectivity index (χ0n) is 11.9. The number of carbonyl (C=O) groups excluding carboxylic acids is 1. The summed E-state index contributed by atoms with van der Waals surface area (Å²) in [5.74, 6) is 2.02. The lowest BCUT2D eigenvalue weighted by Crippen LogP contribution is -2.36. The number of amides is 1. The predicted molar refractivity (Wildman–Crippen MR) is 79.4 cm³/mol. The van der Waals surface area contributed by atoms with E-state index in [-0.39, 0.29) is 12.5 Å². The maximum atomic E-state index is 11.8. The number of para-hydroxylation sites is 2. The molecule has 5 heteroatoms. The number of methoxy groups -OCH3 is 1. The minimum Gasteiger partial charge on any atom is -0.493 e. The number of hydrogen-bond acceptors (Lipinski definition) is 4. The Labute approximate surface area is 123 Å². The number of nitrogens with one attached hydrogen (secondary N) is 1.